The summed E-state index contributed by atoms with van der Waals surface area (Å²) in [5.41, 5.74) is 0.668. The fourth-order valence-corrected chi connectivity index (χ4v) is 2.97. The third-order valence-electron chi connectivity index (χ3n) is 3.61. The van der Waals surface area contributed by atoms with E-state index in [0.717, 1.165) is 12.0 Å². The van der Waals surface area contributed by atoms with Crippen molar-refractivity contribution in [2.24, 2.45) is 0 Å². The van der Waals surface area contributed by atoms with E-state index in [0.29, 0.717) is 6.54 Å². The van der Waals surface area contributed by atoms with Crippen LogP contribution in [0.25, 0.3) is 0 Å². The van der Waals surface area contributed by atoms with E-state index >= 15 is 0 Å². The molecule has 0 aliphatic carbocycles. The molecule has 2 rings (SSSR count). The second-order valence-electron chi connectivity index (χ2n) is 6.35. The predicted octanol–water partition coefficient (Wildman–Crippen LogP) is 3.91. The van der Waals surface area contributed by atoms with Crippen molar-refractivity contribution in [2.75, 3.05) is 0 Å². The van der Waals surface area contributed by atoms with Crippen molar-refractivity contribution < 1.29 is 9.13 Å². The SMILES string of the molecule is CC1(C)CC(NCc2ccc(F)c(Cl)c2)C(C)(C)O1. The largest absolute Gasteiger partial charge is 0.368 e. The Morgan fingerprint density at radius 1 is 1.37 bits per heavy atom. The topological polar surface area (TPSA) is 21.3 Å². The fraction of sp³-hybridized carbons (Fsp3) is 0.600. The Hall–Kier alpha value is -0.640. The molecule has 2 nitrogen and oxygen atoms in total. The summed E-state index contributed by atoms with van der Waals surface area (Å²) < 4.78 is 19.1. The predicted molar refractivity (Wildman–Crippen MR) is 75.9 cm³/mol. The molecule has 1 aliphatic rings. The summed E-state index contributed by atoms with van der Waals surface area (Å²) in [6, 6.07) is 5.09. The molecule has 1 atom stereocenters. The average molecular weight is 286 g/mol. The maximum absolute atomic E-state index is 13.1. The molecular weight excluding hydrogens is 265 g/mol. The Morgan fingerprint density at radius 3 is 2.58 bits per heavy atom. The van der Waals surface area contributed by atoms with Gasteiger partial charge in [-0.25, -0.2) is 4.39 Å². The van der Waals surface area contributed by atoms with Gasteiger partial charge in [0.25, 0.3) is 0 Å². The molecule has 1 saturated heterocycles. The van der Waals surface area contributed by atoms with Crippen LogP contribution in [-0.4, -0.2) is 17.2 Å². The van der Waals surface area contributed by atoms with E-state index in [1.807, 2.05) is 0 Å². The highest BCUT2D eigenvalue weighted by Crippen LogP contribution is 2.37. The molecule has 0 bridgehead atoms. The third kappa shape index (κ3) is 3.47. The van der Waals surface area contributed by atoms with Gasteiger partial charge in [-0.05, 0) is 51.8 Å². The maximum atomic E-state index is 13.1. The summed E-state index contributed by atoms with van der Waals surface area (Å²) in [6.45, 7) is 9.05. The third-order valence-corrected chi connectivity index (χ3v) is 3.90. The molecule has 0 radical (unpaired) electrons. The van der Waals surface area contributed by atoms with Gasteiger partial charge < -0.3 is 10.1 Å². The second-order valence-corrected chi connectivity index (χ2v) is 6.76. The Balaban J connectivity index is 2.01. The molecule has 1 aromatic rings. The van der Waals surface area contributed by atoms with Crippen molar-refractivity contribution in [1.82, 2.24) is 5.32 Å². The number of hydrogen-bond donors (Lipinski definition) is 1. The first kappa shape index (κ1) is 14.8. The van der Waals surface area contributed by atoms with Crippen molar-refractivity contribution >= 4 is 11.6 Å². The first-order valence-electron chi connectivity index (χ1n) is 6.57. The van der Waals surface area contributed by atoms with Gasteiger partial charge in [-0.3, -0.25) is 0 Å². The molecule has 1 heterocycles. The van der Waals surface area contributed by atoms with Crippen LogP contribution in [0.15, 0.2) is 18.2 Å². The molecule has 106 valence electrons. The number of hydrogen-bond acceptors (Lipinski definition) is 2. The number of nitrogens with one attached hydrogen (secondary N) is 1. The summed E-state index contributed by atoms with van der Waals surface area (Å²) >= 11 is 5.78. The molecule has 1 aliphatic heterocycles. The monoisotopic (exact) mass is 285 g/mol. The minimum absolute atomic E-state index is 0.110. The molecule has 0 saturated carbocycles. The lowest BCUT2D eigenvalue weighted by molar-refractivity contribution is -0.0699. The van der Waals surface area contributed by atoms with Crippen molar-refractivity contribution in [1.29, 1.82) is 0 Å². The van der Waals surface area contributed by atoms with Crippen LogP contribution in [-0.2, 0) is 11.3 Å². The Kier molecular flexibility index (Phi) is 3.92. The first-order valence-corrected chi connectivity index (χ1v) is 6.95. The van der Waals surface area contributed by atoms with Crippen LogP contribution in [0.1, 0.15) is 39.7 Å². The highest BCUT2D eigenvalue weighted by molar-refractivity contribution is 6.30. The van der Waals surface area contributed by atoms with Gasteiger partial charge in [0.1, 0.15) is 5.82 Å². The van der Waals surface area contributed by atoms with Gasteiger partial charge in [0, 0.05) is 12.6 Å². The summed E-state index contributed by atoms with van der Waals surface area (Å²) in [6.07, 6.45) is 0.953. The summed E-state index contributed by atoms with van der Waals surface area (Å²) in [5, 5.41) is 3.65. The van der Waals surface area contributed by atoms with Gasteiger partial charge in [0.05, 0.1) is 16.2 Å². The number of rotatable bonds is 3. The quantitative estimate of drug-likeness (QED) is 0.909. The lowest BCUT2D eigenvalue weighted by Gasteiger charge is -2.28. The number of benzene rings is 1. The fourth-order valence-electron chi connectivity index (χ4n) is 2.77. The number of ether oxygens (including phenoxy) is 1. The molecule has 19 heavy (non-hydrogen) atoms. The van der Waals surface area contributed by atoms with E-state index in [1.165, 1.54) is 6.07 Å². The highest BCUT2D eigenvalue weighted by Gasteiger charge is 2.45. The van der Waals surface area contributed by atoms with E-state index < -0.39 is 0 Å². The lowest BCUT2D eigenvalue weighted by atomic mass is 9.94. The van der Waals surface area contributed by atoms with E-state index in [1.54, 1.807) is 12.1 Å². The van der Waals surface area contributed by atoms with Crippen LogP contribution >= 0.6 is 11.6 Å². The summed E-state index contributed by atoms with van der Waals surface area (Å²) in [7, 11) is 0. The van der Waals surface area contributed by atoms with Gasteiger partial charge in [-0.15, -0.1) is 0 Å². The van der Waals surface area contributed by atoms with E-state index in [-0.39, 0.29) is 28.1 Å². The zero-order valence-corrected chi connectivity index (χ0v) is 12.6. The molecule has 0 spiro atoms. The van der Waals surface area contributed by atoms with Gasteiger partial charge >= 0.3 is 0 Å². The van der Waals surface area contributed by atoms with Crippen LogP contribution in [0.2, 0.25) is 5.02 Å². The van der Waals surface area contributed by atoms with Crippen LogP contribution in [0.3, 0.4) is 0 Å². The van der Waals surface area contributed by atoms with Crippen LogP contribution in [0.5, 0.6) is 0 Å². The molecule has 1 unspecified atom stereocenters. The zero-order valence-electron chi connectivity index (χ0n) is 11.9. The molecular formula is C15H21ClFNO. The Labute approximate surface area is 119 Å². The van der Waals surface area contributed by atoms with E-state index in [9.17, 15) is 4.39 Å². The molecule has 1 aromatic carbocycles. The van der Waals surface area contributed by atoms with Gasteiger partial charge in [0.2, 0.25) is 0 Å². The van der Waals surface area contributed by atoms with Gasteiger partial charge in [-0.1, -0.05) is 17.7 Å². The van der Waals surface area contributed by atoms with Crippen molar-refractivity contribution in [3.63, 3.8) is 0 Å². The second kappa shape index (κ2) is 5.04. The van der Waals surface area contributed by atoms with Gasteiger partial charge in [-0.2, -0.15) is 0 Å². The van der Waals surface area contributed by atoms with Crippen molar-refractivity contribution in [3.8, 4) is 0 Å². The van der Waals surface area contributed by atoms with Gasteiger partial charge in [0.15, 0.2) is 0 Å². The van der Waals surface area contributed by atoms with Crippen molar-refractivity contribution in [3.05, 3.63) is 34.6 Å². The molecule has 0 aromatic heterocycles. The normalized spacial score (nSPS) is 24.6. The smallest absolute Gasteiger partial charge is 0.141 e. The first-order chi connectivity index (χ1) is 8.70. The minimum atomic E-state index is -0.379. The Morgan fingerprint density at radius 2 is 2.05 bits per heavy atom. The summed E-state index contributed by atoms with van der Waals surface area (Å²) in [4.78, 5) is 0. The van der Waals surface area contributed by atoms with Crippen LogP contribution < -0.4 is 5.32 Å². The van der Waals surface area contributed by atoms with Crippen LogP contribution in [0.4, 0.5) is 4.39 Å². The zero-order chi connectivity index (χ0) is 14.3. The standard InChI is InChI=1S/C15H21ClFNO/c1-14(2)8-13(15(3,4)19-14)18-9-10-5-6-12(17)11(16)7-10/h5-7,13,18H,8-9H2,1-4H3. The minimum Gasteiger partial charge on any atom is -0.368 e. The van der Waals surface area contributed by atoms with E-state index in [2.05, 4.69) is 33.0 Å². The Bertz CT molecular complexity index is 473. The highest BCUT2D eigenvalue weighted by atomic mass is 35.5. The maximum Gasteiger partial charge on any atom is 0.141 e. The lowest BCUT2D eigenvalue weighted by Crippen LogP contribution is -2.42. The molecule has 4 heteroatoms. The number of halogens is 2. The molecule has 1 N–H and O–H groups in total. The molecule has 1 fully saturated rings. The van der Waals surface area contributed by atoms with Crippen molar-refractivity contribution in [2.45, 2.75) is 57.9 Å². The summed E-state index contributed by atoms with van der Waals surface area (Å²) in [5.74, 6) is -0.379. The van der Waals surface area contributed by atoms with Crippen LogP contribution in [0, 0.1) is 5.82 Å². The van der Waals surface area contributed by atoms with E-state index in [4.69, 9.17) is 16.3 Å². The average Bonchev–Trinajstić information content (AvgIpc) is 2.48. The molecule has 0 amide bonds.